The fourth-order valence-corrected chi connectivity index (χ4v) is 30.0. The molecule has 0 saturated carbocycles. The molecule has 25 nitrogen and oxygen atoms in total. The van der Waals surface area contributed by atoms with Crippen molar-refractivity contribution in [3.63, 3.8) is 0 Å². The van der Waals surface area contributed by atoms with E-state index in [0.29, 0.717) is 47.7 Å². The second-order valence-corrected chi connectivity index (χ2v) is 73.1. The van der Waals surface area contributed by atoms with E-state index < -0.39 is 124 Å². The molecule has 146 heavy (non-hydrogen) atoms. The molecule has 5 heterocycles. The number of epoxide rings is 1. The number of non-ortho nitro benzene ring substituents is 2. The van der Waals surface area contributed by atoms with Gasteiger partial charge in [-0.2, -0.15) is 0 Å². The molecule has 7 N–H and O–H groups in total. The Hall–Kier alpha value is -5.51. The average Bonchev–Trinajstić information content (AvgIpc) is 1.08. The number of hydrogen-bond acceptors (Lipinski definition) is 20. The Morgan fingerprint density at radius 3 is 1.26 bits per heavy atom. The number of anilines is 3. The zero-order valence-electron chi connectivity index (χ0n) is 88.0. The topological polar surface area (TPSA) is 336 Å². The maximum atomic E-state index is 14.5. The molecular weight excluding hydrogens is 2350 g/mol. The predicted molar refractivity (Wildman–Crippen MR) is 626 cm³/mol. The number of hydrogen-bond donors (Lipinski definition) is 6. The van der Waals surface area contributed by atoms with Crippen LogP contribution in [0.15, 0.2) is 175 Å². The number of rotatable bonds is 30. The fourth-order valence-electron chi connectivity index (χ4n) is 12.6. The molecular formula is C101H162Br2Cl7F4N10O15PdSi6-. The number of halogens is 13. The van der Waals surface area contributed by atoms with Gasteiger partial charge >= 0.3 is 18.0 Å². The molecule has 5 fully saturated rings. The van der Waals surface area contributed by atoms with E-state index >= 15 is 0 Å². The molecule has 6 aromatic carbocycles. The summed E-state index contributed by atoms with van der Waals surface area (Å²) < 4.78 is 72.2. The number of aliphatic imine (C=N–C) groups is 1. The summed E-state index contributed by atoms with van der Waals surface area (Å²) in [5, 5.41) is 48.0. The number of nitrogens with two attached hydrogens (primary N) is 1. The molecule has 6 aromatic rings. The first-order chi connectivity index (χ1) is 66.7. The van der Waals surface area contributed by atoms with Crippen molar-refractivity contribution in [3.05, 3.63) is 238 Å². The molecule has 5 saturated heterocycles. The smallest absolute Gasteiger partial charge is 0.411 e. The number of carbonyl (C=O) groups is 5. The number of nitrogens with one attached hydrogen (secondary N) is 3. The van der Waals surface area contributed by atoms with Crippen LogP contribution in [0.3, 0.4) is 0 Å². The summed E-state index contributed by atoms with van der Waals surface area (Å²) in [7, 11) is -5.48. The maximum absolute atomic E-state index is 14.5. The van der Waals surface area contributed by atoms with Crippen LogP contribution in [0.2, 0.25) is 139 Å². The molecule has 11 rings (SSSR count). The molecule has 832 valence electrons. The minimum absolute atomic E-state index is 0. The Kier molecular flexibility index (Phi) is 84.7. The summed E-state index contributed by atoms with van der Waals surface area (Å²) in [6.07, 6.45) is 4.17. The van der Waals surface area contributed by atoms with Gasteiger partial charge in [0.25, 0.3) is 11.4 Å². The zero-order valence-corrected chi connectivity index (χ0v) is 104. The Balaban J connectivity index is -0.000000507. The summed E-state index contributed by atoms with van der Waals surface area (Å²) in [5.74, 6) is -2.75. The van der Waals surface area contributed by atoms with Gasteiger partial charge in [-0.15, -0.1) is 96.0 Å². The molecule has 0 aliphatic carbocycles. The van der Waals surface area contributed by atoms with E-state index in [1.807, 2.05) is 77.0 Å². The van der Waals surface area contributed by atoms with Gasteiger partial charge in [-0.25, -0.2) is 22.4 Å². The SMILES string of the molecule is C=C[Si](C)(C)C=C.CC(=O)NC[C@@H](CCl)OC(C)=O.CC(=O)NC[C@@H](CCl)OC(C)=O.C[Si](C)(CCBr)CCBr.C[Si]1(C)CCCCC1.C[Si]1(C)CCN(Cc2ccccc2)CC1.C[Si]1(C)CCN(c2ccc(NC(=O)OCc3ccccc3)cc2F)CC1.C[Si]1(C)CCN(c2ccc([N+](=O)[O-])cc2F)CC1.Cl.Cl.ClC[C@@H]1CO1.NC[C@H](O)CCl.O=[N+]([O-])c1ccc(F)c(F)c1.O[C@H](CCl)CN=Cc1ccccc1.[CH3-].[Pd]. The van der Waals surface area contributed by atoms with Gasteiger partial charge in [0, 0.05) is 152 Å². The molecule has 0 spiro atoms. The van der Waals surface area contributed by atoms with Gasteiger partial charge in [-0.3, -0.25) is 54.6 Å². The molecule has 0 bridgehead atoms. The van der Waals surface area contributed by atoms with Crippen molar-refractivity contribution >= 4 is 228 Å². The normalized spacial score (nSPS) is 15.8. The Morgan fingerprint density at radius 2 is 0.945 bits per heavy atom. The molecule has 45 heteroatoms. The number of alkyl halides is 7. The van der Waals surface area contributed by atoms with Crippen molar-refractivity contribution in [3.8, 4) is 0 Å². The minimum Gasteiger partial charge on any atom is -0.459 e. The third-order valence-corrected chi connectivity index (χ3v) is 44.8. The monoisotopic (exact) mass is 2510 g/mol. The summed E-state index contributed by atoms with van der Waals surface area (Å²) in [4.78, 5) is 83.7. The number of aliphatic hydroxyl groups is 2. The zero-order chi connectivity index (χ0) is 108. The van der Waals surface area contributed by atoms with Crippen molar-refractivity contribution in [2.24, 2.45) is 10.7 Å². The van der Waals surface area contributed by atoms with Crippen LogP contribution in [0.1, 0.15) is 63.6 Å². The van der Waals surface area contributed by atoms with Crippen molar-refractivity contribution in [1.29, 1.82) is 0 Å². The summed E-state index contributed by atoms with van der Waals surface area (Å²) >= 11 is 33.7. The fraction of sp³-hybridized carbons (Fsp3) is 0.535. The first kappa shape index (κ1) is 149. The first-order valence-corrected chi connectivity index (χ1v) is 72.7. The van der Waals surface area contributed by atoms with Crippen LogP contribution < -0.4 is 31.5 Å². The minimum atomic E-state index is -1.21. The summed E-state index contributed by atoms with van der Waals surface area (Å²) in [5.41, 5.74) is 13.2. The van der Waals surface area contributed by atoms with Crippen molar-refractivity contribution in [2.75, 3.05) is 127 Å². The summed E-state index contributed by atoms with van der Waals surface area (Å²) in [6, 6.07) is 54.4. The number of nitro benzene ring substituents is 2. The van der Waals surface area contributed by atoms with Gasteiger partial charge < -0.3 is 62.8 Å². The molecule has 5 atom stereocenters. The standard InChI is InChI=1S/C20H25FN2O2Si.C13H21NSi.C12H17FN2O2Si.C10H12ClNO.2C7H12ClNO3.C7H16Si.C6H14Br2Si.C6H3F2NO2.C6H12Si.C3H8ClNO.C3H5ClO.CH3.2ClH.Pd/c1-26(2)12-10-23(11-13-26)19-9-8-17(14-18(19)21)22-20(24)25-15-16-6-4-3-5-7-16;1-15(2)10-8-14(9-11-15)12-13-6-4-3-5-7-13;1-18(2)7-5-14(6-8-18)12-4-3-10(15(16)17)9-11(12)13;11-6-10(13)8-12-7-9-4-2-1-3-5-9;2*1-5(10)9-4-7(3-8)12-6(2)11;1-8(2)6-4-3-5-7-8;1-9(2,5-3-7)6-4-8;7-5-2-1-4(9(10)11)3-6(5)8;1-5-7(3,4)6-2;4-1-3(6)2-5;4-1-3-2-5-3;;;;/h3-9,14H,10-13,15H2,1-2H3,(H,22,24);3-7H,8-12H2,1-2H3;3-4,9H,5-8H2,1-2H3;1-5,7,10,13H,6,8H2;2*7H,3-4H2,1-2H3,(H,9,10);3-7H2,1-2H3;3-6H2,1-2H3;1-3H;5-6H,1-2H2,3-4H3;3,6H,1-2,5H2;3H,1-2H2;1H3;2*1H;/q;;;;;;;;;;;;-1;;;/t;;;10-;2*7-;;;;;2*3-;;;;/m...111....11..../s1. The van der Waals surface area contributed by atoms with Gasteiger partial charge in [-0.05, 0) is 108 Å². The van der Waals surface area contributed by atoms with E-state index in [4.69, 9.17) is 92.9 Å². The quantitative estimate of drug-likeness (QED) is 0.00233. The van der Waals surface area contributed by atoms with E-state index in [0.717, 1.165) is 74.7 Å². The van der Waals surface area contributed by atoms with Crippen molar-refractivity contribution < 1.29 is 101 Å². The van der Waals surface area contributed by atoms with E-state index in [1.54, 1.807) is 30.4 Å². The molecule has 0 radical (unpaired) electrons. The largest absolute Gasteiger partial charge is 0.459 e. The summed E-state index contributed by atoms with van der Waals surface area (Å²) in [6.45, 7) is 51.1. The van der Waals surface area contributed by atoms with Crippen LogP contribution in [0.4, 0.5) is 50.8 Å². The van der Waals surface area contributed by atoms with Crippen molar-refractivity contribution in [1.82, 2.24) is 15.5 Å². The van der Waals surface area contributed by atoms with Crippen LogP contribution in [0.5, 0.6) is 0 Å². The molecule has 0 aromatic heterocycles. The second kappa shape index (κ2) is 83.0. The number of nitro groups is 2. The number of esters is 2. The van der Waals surface area contributed by atoms with E-state index in [2.05, 4.69) is 185 Å². The van der Waals surface area contributed by atoms with Gasteiger partial charge in [-0.1, -0.05) is 244 Å². The Bertz CT molecular complexity index is 4560. The number of benzene rings is 6. The van der Waals surface area contributed by atoms with Crippen LogP contribution in [-0.4, -0.2) is 252 Å². The van der Waals surface area contributed by atoms with Crippen molar-refractivity contribution in [2.45, 2.75) is 230 Å². The maximum Gasteiger partial charge on any atom is 0.411 e. The van der Waals surface area contributed by atoms with Gasteiger partial charge in [0.1, 0.15) is 24.6 Å². The predicted octanol–water partition coefficient (Wildman–Crippen LogP) is 25.7. The van der Waals surface area contributed by atoms with E-state index in [1.165, 1.54) is 131 Å². The van der Waals surface area contributed by atoms with Crippen LogP contribution >= 0.6 is 115 Å². The van der Waals surface area contributed by atoms with Crippen LogP contribution in [-0.2, 0) is 71.7 Å². The number of ether oxygens (including phenoxy) is 4. The molecule has 3 amide bonds. The van der Waals surface area contributed by atoms with Crippen LogP contribution in [0.25, 0.3) is 0 Å². The Labute approximate surface area is 941 Å². The first-order valence-electron chi connectivity index (χ1n) is 47.5. The molecule has 5 aliphatic rings. The van der Waals surface area contributed by atoms with Crippen LogP contribution in [0, 0.1) is 50.9 Å². The average molecular weight is 2520 g/mol. The Morgan fingerprint density at radius 1 is 0.562 bits per heavy atom. The second-order valence-electron chi connectivity index (χ2n) is 38.8. The molecule has 5 aliphatic heterocycles. The third-order valence-electron chi connectivity index (χ3n) is 22.6. The number of aliphatic hydroxyl groups excluding tert-OH is 2. The number of carbonyl (C=O) groups excluding carboxylic acids is 5. The van der Waals surface area contributed by atoms with Gasteiger partial charge in [0.15, 0.2) is 17.5 Å². The van der Waals surface area contributed by atoms with E-state index in [9.17, 15) is 61.8 Å². The van der Waals surface area contributed by atoms with E-state index in [-0.39, 0.29) is 126 Å². The number of nitrogens with zero attached hydrogens (tertiary/aromatic N) is 6. The molecule has 0 unspecified atom stereocenters. The third kappa shape index (κ3) is 76.1. The van der Waals surface area contributed by atoms with Gasteiger partial charge in [0.2, 0.25) is 11.8 Å². The number of amides is 3. The van der Waals surface area contributed by atoms with Gasteiger partial charge in [0.05, 0.1) is 126 Å².